The summed E-state index contributed by atoms with van der Waals surface area (Å²) in [5.41, 5.74) is 0. The molecule has 112 valence electrons. The fourth-order valence-electron chi connectivity index (χ4n) is 1.27. The van der Waals surface area contributed by atoms with Gasteiger partial charge in [0.05, 0.1) is 5.75 Å². The monoisotopic (exact) mass is 315 g/mol. The molecule has 19 heavy (non-hydrogen) atoms. The van der Waals surface area contributed by atoms with E-state index in [2.05, 4.69) is 4.90 Å². The van der Waals surface area contributed by atoms with Gasteiger partial charge >= 0.3 is 10.4 Å². The molecule has 0 amide bonds. The maximum absolute atomic E-state index is 10.4. The Morgan fingerprint density at radius 2 is 1.58 bits per heavy atom. The Bertz CT molecular complexity index is 499. The summed E-state index contributed by atoms with van der Waals surface area (Å²) in [6.45, 7) is 1.71. The van der Waals surface area contributed by atoms with Gasteiger partial charge in [0.25, 0.3) is 10.1 Å². The quantitative estimate of drug-likeness (QED) is 0.490. The lowest BCUT2D eigenvalue weighted by atomic mass is 10.3. The van der Waals surface area contributed by atoms with Crippen molar-refractivity contribution in [1.29, 1.82) is 0 Å². The highest BCUT2D eigenvalue weighted by atomic mass is 32.3. The van der Waals surface area contributed by atoms with Crippen LogP contribution in [0.25, 0.3) is 0 Å². The number of hydrogen-bond donors (Lipinski definition) is 3. The molecule has 0 unspecified atom stereocenters. The smallest absolute Gasteiger partial charge is 0.374 e. The fourth-order valence-corrected chi connectivity index (χ4v) is 1.84. The molecule has 1 rings (SSSR count). The molecule has 0 aliphatic carbocycles. The van der Waals surface area contributed by atoms with Crippen LogP contribution >= 0.6 is 0 Å². The Morgan fingerprint density at radius 3 is 2.00 bits per heavy atom. The number of nitrogens with zero attached hydrogens (tertiary/aromatic N) is 1. The second-order valence-electron chi connectivity index (χ2n) is 3.71. The minimum atomic E-state index is -4.67. The number of rotatable bonds is 5. The van der Waals surface area contributed by atoms with Gasteiger partial charge in [-0.2, -0.15) is 16.8 Å². The van der Waals surface area contributed by atoms with Crippen LogP contribution in [0.2, 0.25) is 0 Å². The van der Waals surface area contributed by atoms with E-state index in [1.165, 1.54) is 0 Å². The van der Waals surface area contributed by atoms with Crippen LogP contribution < -0.4 is 0 Å². The van der Waals surface area contributed by atoms with Crippen molar-refractivity contribution in [1.82, 2.24) is 4.90 Å². The summed E-state index contributed by atoms with van der Waals surface area (Å²) in [4.78, 5) is 2.10. The molecule has 0 atom stereocenters. The van der Waals surface area contributed by atoms with E-state index in [-0.39, 0.29) is 5.75 Å². The molecule has 0 radical (unpaired) electrons. The van der Waals surface area contributed by atoms with Crippen LogP contribution in [-0.4, -0.2) is 54.2 Å². The van der Waals surface area contributed by atoms with E-state index in [0.29, 0.717) is 6.42 Å². The molecule has 0 saturated carbocycles. The van der Waals surface area contributed by atoms with Crippen LogP contribution in [0, 0.1) is 0 Å². The standard InChI is InChI=1S/C9H15NO3S.H2O4S/c11-14(12,13)9-5-4-8-10-6-2-1-3-7-10;1-5(2,3)4/h1-3,6H,4-5,7-9H2,(H,11,12,13);(H2,1,2,3,4). The van der Waals surface area contributed by atoms with E-state index in [9.17, 15) is 8.42 Å². The fraction of sp³-hybridized carbons (Fsp3) is 0.556. The molecule has 10 heteroatoms. The Hall–Kier alpha value is -0.940. The molecule has 0 aromatic heterocycles. The van der Waals surface area contributed by atoms with Gasteiger partial charge in [-0.15, -0.1) is 0 Å². The summed E-state index contributed by atoms with van der Waals surface area (Å²) < 4.78 is 60.9. The van der Waals surface area contributed by atoms with Crippen molar-refractivity contribution in [2.24, 2.45) is 0 Å². The van der Waals surface area contributed by atoms with Crippen LogP contribution in [0.4, 0.5) is 0 Å². The van der Waals surface area contributed by atoms with Crippen LogP contribution in [0.3, 0.4) is 0 Å². The molecular formula is C9H17NO7S2. The van der Waals surface area contributed by atoms with Crippen LogP contribution in [-0.2, 0) is 20.5 Å². The van der Waals surface area contributed by atoms with Gasteiger partial charge in [-0.1, -0.05) is 12.2 Å². The zero-order chi connectivity index (χ0) is 14.9. The van der Waals surface area contributed by atoms with E-state index >= 15 is 0 Å². The molecule has 0 bridgehead atoms. The summed E-state index contributed by atoms with van der Waals surface area (Å²) in [7, 11) is -8.44. The van der Waals surface area contributed by atoms with Gasteiger partial charge in [0.1, 0.15) is 0 Å². The van der Waals surface area contributed by atoms with Crippen molar-refractivity contribution < 1.29 is 30.5 Å². The molecule has 0 aromatic carbocycles. The minimum absolute atomic E-state index is 0.138. The first-order valence-corrected chi connectivity index (χ1v) is 8.31. The van der Waals surface area contributed by atoms with Crippen molar-refractivity contribution in [3.63, 3.8) is 0 Å². The van der Waals surface area contributed by atoms with Crippen molar-refractivity contribution >= 4 is 20.5 Å². The summed E-state index contributed by atoms with van der Waals surface area (Å²) >= 11 is 0. The molecule has 0 aromatic rings. The highest BCUT2D eigenvalue weighted by Gasteiger charge is 2.04. The highest BCUT2D eigenvalue weighted by Crippen LogP contribution is 2.02. The first-order chi connectivity index (χ1) is 8.58. The van der Waals surface area contributed by atoms with E-state index in [1.54, 1.807) is 0 Å². The zero-order valence-corrected chi connectivity index (χ0v) is 11.7. The predicted molar refractivity (Wildman–Crippen MR) is 69.7 cm³/mol. The largest absolute Gasteiger partial charge is 0.394 e. The van der Waals surface area contributed by atoms with Gasteiger partial charge in [-0.25, -0.2) is 0 Å². The number of allylic oxidation sites excluding steroid dienone is 2. The summed E-state index contributed by atoms with van der Waals surface area (Å²) in [5.74, 6) is -0.138. The van der Waals surface area contributed by atoms with Crippen molar-refractivity contribution in [3.8, 4) is 0 Å². The Balaban J connectivity index is 0.000000555. The highest BCUT2D eigenvalue weighted by molar-refractivity contribution is 7.85. The molecular weight excluding hydrogens is 298 g/mol. The van der Waals surface area contributed by atoms with Gasteiger partial charge < -0.3 is 4.90 Å². The topological polar surface area (TPSA) is 132 Å². The Morgan fingerprint density at radius 1 is 1.00 bits per heavy atom. The summed E-state index contributed by atoms with van der Waals surface area (Å²) in [5, 5.41) is 0. The molecule has 1 aliphatic heterocycles. The molecule has 8 nitrogen and oxygen atoms in total. The SMILES string of the molecule is O=S(=O)(O)CCCCN1C=CC=CC1.O=S(=O)(O)O. The second kappa shape index (κ2) is 8.27. The lowest BCUT2D eigenvalue weighted by molar-refractivity contribution is 0.381. The molecule has 3 N–H and O–H groups in total. The van der Waals surface area contributed by atoms with Gasteiger partial charge in [-0.05, 0) is 25.1 Å². The number of hydrogen-bond acceptors (Lipinski definition) is 5. The Kier molecular flexibility index (Phi) is 7.87. The molecule has 0 fully saturated rings. The third-order valence-corrected chi connectivity index (χ3v) is 2.79. The normalized spacial score (nSPS) is 15.0. The van der Waals surface area contributed by atoms with Crippen molar-refractivity contribution in [3.05, 3.63) is 24.4 Å². The molecule has 0 spiro atoms. The van der Waals surface area contributed by atoms with E-state index in [1.807, 2.05) is 24.4 Å². The average molecular weight is 315 g/mol. The van der Waals surface area contributed by atoms with E-state index in [4.69, 9.17) is 22.1 Å². The lowest BCUT2D eigenvalue weighted by Gasteiger charge is -2.19. The number of unbranched alkanes of at least 4 members (excludes halogenated alkanes) is 1. The summed E-state index contributed by atoms with van der Waals surface area (Å²) in [6, 6.07) is 0. The maximum Gasteiger partial charge on any atom is 0.394 e. The summed E-state index contributed by atoms with van der Waals surface area (Å²) in [6.07, 6.45) is 9.24. The Labute approximate surface area is 112 Å². The molecule has 1 heterocycles. The van der Waals surface area contributed by atoms with Gasteiger partial charge in [0.15, 0.2) is 0 Å². The zero-order valence-electron chi connectivity index (χ0n) is 10.1. The van der Waals surface area contributed by atoms with Gasteiger partial charge in [-0.3, -0.25) is 13.7 Å². The third-order valence-electron chi connectivity index (χ3n) is 1.98. The minimum Gasteiger partial charge on any atom is -0.374 e. The molecule has 1 aliphatic rings. The van der Waals surface area contributed by atoms with Crippen LogP contribution in [0.5, 0.6) is 0 Å². The third kappa shape index (κ3) is 17.1. The van der Waals surface area contributed by atoms with Crippen LogP contribution in [0.1, 0.15) is 12.8 Å². The van der Waals surface area contributed by atoms with Gasteiger partial charge in [0.2, 0.25) is 0 Å². The first kappa shape index (κ1) is 18.1. The van der Waals surface area contributed by atoms with Crippen LogP contribution in [0.15, 0.2) is 24.4 Å². The second-order valence-corrected chi connectivity index (χ2v) is 6.17. The molecule has 0 saturated heterocycles. The maximum atomic E-state index is 10.4. The lowest BCUT2D eigenvalue weighted by Crippen LogP contribution is -2.20. The predicted octanol–water partition coefficient (Wildman–Crippen LogP) is 0.387. The van der Waals surface area contributed by atoms with Crippen molar-refractivity contribution in [2.45, 2.75) is 12.8 Å². The van der Waals surface area contributed by atoms with E-state index in [0.717, 1.165) is 19.5 Å². The first-order valence-electron chi connectivity index (χ1n) is 5.30. The van der Waals surface area contributed by atoms with E-state index < -0.39 is 20.5 Å². The van der Waals surface area contributed by atoms with Gasteiger partial charge in [0, 0.05) is 13.1 Å². The van der Waals surface area contributed by atoms with Crippen molar-refractivity contribution in [2.75, 3.05) is 18.8 Å². The average Bonchev–Trinajstić information content (AvgIpc) is 2.22.